The van der Waals surface area contributed by atoms with Gasteiger partial charge in [-0.05, 0) is 42.5 Å². The third-order valence-electron chi connectivity index (χ3n) is 5.09. The molecule has 1 saturated carbocycles. The maximum atomic E-state index is 13.1. The number of rotatable bonds is 6. The highest BCUT2D eigenvalue weighted by molar-refractivity contribution is 5.78. The number of aryl methyl sites for hydroxylation is 1. The number of amides is 1. The van der Waals surface area contributed by atoms with E-state index in [9.17, 15) is 14.3 Å². The predicted octanol–water partition coefficient (Wildman–Crippen LogP) is 1.99. The minimum absolute atomic E-state index is 0.0782. The molecule has 1 aliphatic rings. The normalized spacial score (nSPS) is 22.9. The number of aliphatic hydroxyl groups is 1. The van der Waals surface area contributed by atoms with E-state index in [-0.39, 0.29) is 23.6 Å². The van der Waals surface area contributed by atoms with Crippen molar-refractivity contribution < 1.29 is 14.3 Å². The lowest BCUT2D eigenvalue weighted by Crippen LogP contribution is -2.44. The molecule has 1 fully saturated rings. The molecule has 2 N–H and O–H groups in total. The maximum absolute atomic E-state index is 13.1. The Bertz CT molecular complexity index is 729. The summed E-state index contributed by atoms with van der Waals surface area (Å²) in [6, 6.07) is 6.37. The van der Waals surface area contributed by atoms with Gasteiger partial charge < -0.3 is 10.4 Å². The first-order valence-electron chi connectivity index (χ1n) is 8.64. The standard InChI is InChI=1S/C19H24FN3O2/c1-23-12-15(11-22-23)9-18(25)21-13-19(8-2-3-17(19)24)10-14-4-6-16(20)7-5-14/h4-7,11-12,17,24H,2-3,8-10,13H2,1H3,(H,21,25)/t17-,19+/m0/s1. The summed E-state index contributed by atoms with van der Waals surface area (Å²) < 4.78 is 14.8. The van der Waals surface area contributed by atoms with E-state index in [1.54, 1.807) is 23.0 Å². The molecule has 0 bridgehead atoms. The van der Waals surface area contributed by atoms with Gasteiger partial charge in [-0.3, -0.25) is 9.48 Å². The lowest BCUT2D eigenvalue weighted by Gasteiger charge is -2.33. The molecule has 0 saturated heterocycles. The fourth-order valence-electron chi connectivity index (χ4n) is 3.69. The van der Waals surface area contributed by atoms with Crippen molar-refractivity contribution in [3.63, 3.8) is 0 Å². The number of halogens is 1. The smallest absolute Gasteiger partial charge is 0.224 e. The lowest BCUT2D eigenvalue weighted by atomic mass is 9.78. The monoisotopic (exact) mass is 345 g/mol. The average Bonchev–Trinajstić information content (AvgIpc) is 3.14. The fraction of sp³-hybridized carbons (Fsp3) is 0.474. The summed E-state index contributed by atoms with van der Waals surface area (Å²) in [7, 11) is 1.81. The molecule has 1 amide bonds. The van der Waals surface area contributed by atoms with Gasteiger partial charge in [0.15, 0.2) is 0 Å². The van der Waals surface area contributed by atoms with Crippen LogP contribution < -0.4 is 5.32 Å². The van der Waals surface area contributed by atoms with Gasteiger partial charge in [-0.15, -0.1) is 0 Å². The Hall–Kier alpha value is -2.21. The first kappa shape index (κ1) is 17.6. The number of nitrogens with zero attached hydrogens (tertiary/aromatic N) is 2. The van der Waals surface area contributed by atoms with Crippen LogP contribution in [0.2, 0.25) is 0 Å². The van der Waals surface area contributed by atoms with Crippen LogP contribution in [0.15, 0.2) is 36.7 Å². The molecule has 6 heteroatoms. The van der Waals surface area contributed by atoms with E-state index in [4.69, 9.17) is 0 Å². The second-order valence-electron chi connectivity index (χ2n) is 7.05. The van der Waals surface area contributed by atoms with Crippen LogP contribution in [0.3, 0.4) is 0 Å². The van der Waals surface area contributed by atoms with Gasteiger partial charge in [-0.2, -0.15) is 5.10 Å². The Balaban J connectivity index is 1.64. The molecule has 5 nitrogen and oxygen atoms in total. The van der Waals surface area contributed by atoms with Gasteiger partial charge in [0.2, 0.25) is 5.91 Å². The van der Waals surface area contributed by atoms with E-state index in [0.717, 1.165) is 30.4 Å². The van der Waals surface area contributed by atoms with Crippen LogP contribution in [0.1, 0.15) is 30.4 Å². The van der Waals surface area contributed by atoms with E-state index < -0.39 is 6.10 Å². The zero-order valence-corrected chi connectivity index (χ0v) is 14.4. The van der Waals surface area contributed by atoms with Crippen molar-refractivity contribution in [1.82, 2.24) is 15.1 Å². The average molecular weight is 345 g/mol. The van der Waals surface area contributed by atoms with Crippen molar-refractivity contribution in [3.8, 4) is 0 Å². The predicted molar refractivity (Wildman–Crippen MR) is 92.3 cm³/mol. The van der Waals surface area contributed by atoms with Crippen LogP contribution in [0, 0.1) is 11.2 Å². The molecule has 0 aliphatic heterocycles. The lowest BCUT2D eigenvalue weighted by molar-refractivity contribution is -0.121. The fourth-order valence-corrected chi connectivity index (χ4v) is 3.69. The molecule has 1 aromatic heterocycles. The molecular weight excluding hydrogens is 321 g/mol. The summed E-state index contributed by atoms with van der Waals surface area (Å²) >= 11 is 0. The molecular formula is C19H24FN3O2. The number of benzene rings is 1. The second-order valence-corrected chi connectivity index (χ2v) is 7.05. The van der Waals surface area contributed by atoms with E-state index >= 15 is 0 Å². The highest BCUT2D eigenvalue weighted by Gasteiger charge is 2.42. The molecule has 0 unspecified atom stereocenters. The Morgan fingerprint density at radius 1 is 1.40 bits per heavy atom. The number of nitrogens with one attached hydrogen (secondary N) is 1. The molecule has 2 aromatic rings. The van der Waals surface area contributed by atoms with Crippen molar-refractivity contribution in [2.45, 2.75) is 38.2 Å². The van der Waals surface area contributed by atoms with Crippen molar-refractivity contribution >= 4 is 5.91 Å². The van der Waals surface area contributed by atoms with Gasteiger partial charge in [-0.25, -0.2) is 4.39 Å². The summed E-state index contributed by atoms with van der Waals surface area (Å²) in [6.07, 6.45) is 6.45. The highest BCUT2D eigenvalue weighted by Crippen LogP contribution is 2.40. The number of aromatic nitrogens is 2. The largest absolute Gasteiger partial charge is 0.392 e. The third kappa shape index (κ3) is 4.25. The number of carbonyl (C=O) groups excluding carboxylic acids is 1. The van der Waals surface area contributed by atoms with Crippen LogP contribution >= 0.6 is 0 Å². The van der Waals surface area contributed by atoms with Crippen molar-refractivity contribution in [1.29, 1.82) is 0 Å². The number of hydrogen-bond acceptors (Lipinski definition) is 3. The first-order chi connectivity index (χ1) is 12.0. The highest BCUT2D eigenvalue weighted by atomic mass is 19.1. The number of hydrogen-bond donors (Lipinski definition) is 2. The Morgan fingerprint density at radius 3 is 2.76 bits per heavy atom. The van der Waals surface area contributed by atoms with E-state index in [2.05, 4.69) is 10.4 Å². The van der Waals surface area contributed by atoms with Gasteiger partial charge in [-0.1, -0.05) is 18.6 Å². The summed E-state index contributed by atoms with van der Waals surface area (Å²) in [5, 5.41) is 17.6. The first-order valence-corrected chi connectivity index (χ1v) is 8.64. The van der Waals surface area contributed by atoms with E-state index in [0.29, 0.717) is 13.0 Å². The van der Waals surface area contributed by atoms with Crippen LogP contribution in [0.5, 0.6) is 0 Å². The quantitative estimate of drug-likeness (QED) is 0.841. The van der Waals surface area contributed by atoms with Gasteiger partial charge in [0.05, 0.1) is 18.7 Å². The Morgan fingerprint density at radius 2 is 2.16 bits per heavy atom. The minimum Gasteiger partial charge on any atom is -0.392 e. The van der Waals surface area contributed by atoms with Crippen LogP contribution in [-0.2, 0) is 24.7 Å². The molecule has 3 rings (SSSR count). The molecule has 1 heterocycles. The van der Waals surface area contributed by atoms with Crippen LogP contribution in [-0.4, -0.2) is 33.4 Å². The van der Waals surface area contributed by atoms with Gasteiger partial charge >= 0.3 is 0 Å². The van der Waals surface area contributed by atoms with Gasteiger partial charge in [0.25, 0.3) is 0 Å². The Kier molecular flexibility index (Phi) is 5.18. The van der Waals surface area contributed by atoms with E-state index in [1.165, 1.54) is 12.1 Å². The topological polar surface area (TPSA) is 67.2 Å². The van der Waals surface area contributed by atoms with Crippen LogP contribution in [0.25, 0.3) is 0 Å². The molecule has 0 spiro atoms. The molecule has 134 valence electrons. The van der Waals surface area contributed by atoms with Gasteiger partial charge in [0.1, 0.15) is 5.82 Å². The molecule has 1 aromatic carbocycles. The molecule has 2 atom stereocenters. The van der Waals surface area contributed by atoms with Crippen LogP contribution in [0.4, 0.5) is 4.39 Å². The minimum atomic E-state index is -0.462. The SMILES string of the molecule is Cn1cc(CC(=O)NC[C@]2(Cc3ccc(F)cc3)CCC[C@@H]2O)cn1. The van der Waals surface area contributed by atoms with Crippen molar-refractivity contribution in [2.24, 2.45) is 12.5 Å². The summed E-state index contributed by atoms with van der Waals surface area (Å²) in [4.78, 5) is 12.2. The Labute approximate surface area is 146 Å². The molecule has 25 heavy (non-hydrogen) atoms. The summed E-state index contributed by atoms with van der Waals surface area (Å²) in [5.74, 6) is -0.347. The summed E-state index contributed by atoms with van der Waals surface area (Å²) in [5.41, 5.74) is 1.45. The van der Waals surface area contributed by atoms with Crippen molar-refractivity contribution in [3.05, 3.63) is 53.6 Å². The summed E-state index contributed by atoms with van der Waals surface area (Å²) in [6.45, 7) is 0.421. The zero-order chi connectivity index (χ0) is 17.9. The van der Waals surface area contributed by atoms with Gasteiger partial charge in [0, 0.05) is 25.2 Å². The van der Waals surface area contributed by atoms with Crippen molar-refractivity contribution in [2.75, 3.05) is 6.54 Å². The zero-order valence-electron chi connectivity index (χ0n) is 14.4. The number of aliphatic hydroxyl groups excluding tert-OH is 1. The number of carbonyl (C=O) groups is 1. The van der Waals surface area contributed by atoms with E-state index in [1.807, 2.05) is 13.2 Å². The third-order valence-corrected chi connectivity index (χ3v) is 5.09. The molecule has 1 aliphatic carbocycles. The maximum Gasteiger partial charge on any atom is 0.224 e. The molecule has 0 radical (unpaired) electrons. The second kappa shape index (κ2) is 7.35.